The molecular formula is C40H24OS. The normalized spacial score (nSPS) is 12.2. The molecule has 9 rings (SSSR count). The summed E-state index contributed by atoms with van der Waals surface area (Å²) in [7, 11) is 0. The Balaban J connectivity index is 1.05. The summed E-state index contributed by atoms with van der Waals surface area (Å²) in [6.45, 7) is 0. The molecule has 1 aromatic heterocycles. The van der Waals surface area contributed by atoms with Crippen LogP contribution >= 0.6 is 11.8 Å². The Morgan fingerprint density at radius 3 is 1.81 bits per heavy atom. The zero-order valence-electron chi connectivity index (χ0n) is 22.7. The molecule has 0 N–H and O–H groups in total. The van der Waals surface area contributed by atoms with Crippen molar-refractivity contribution in [3.63, 3.8) is 0 Å². The highest BCUT2D eigenvalue weighted by Crippen LogP contribution is 2.49. The van der Waals surface area contributed by atoms with E-state index in [2.05, 4.69) is 133 Å². The first-order valence-electron chi connectivity index (χ1n) is 14.3. The van der Waals surface area contributed by atoms with Crippen LogP contribution in [0.4, 0.5) is 0 Å². The minimum absolute atomic E-state index is 0.927. The lowest BCUT2D eigenvalue weighted by atomic mass is 9.91. The molecule has 2 heteroatoms. The molecule has 0 aliphatic carbocycles. The minimum Gasteiger partial charge on any atom is -0.456 e. The van der Waals surface area contributed by atoms with Crippen LogP contribution in [0.5, 0.6) is 0 Å². The average molecular weight is 553 g/mol. The molecule has 7 aromatic carbocycles. The van der Waals surface area contributed by atoms with Gasteiger partial charge in [0.05, 0.1) is 0 Å². The molecule has 0 bridgehead atoms. The molecule has 0 saturated heterocycles. The first kappa shape index (κ1) is 23.6. The summed E-state index contributed by atoms with van der Waals surface area (Å²) >= 11 is 1.87. The van der Waals surface area contributed by atoms with Crippen LogP contribution in [0.15, 0.2) is 160 Å². The fraction of sp³-hybridized carbons (Fsp3) is 0. The average Bonchev–Trinajstić information content (AvgIpc) is 3.43. The molecule has 0 atom stereocenters. The van der Waals surface area contributed by atoms with Gasteiger partial charge in [-0.15, -0.1) is 0 Å². The Bertz CT molecular complexity index is 2310. The molecular weight excluding hydrogens is 529 g/mol. The topological polar surface area (TPSA) is 13.1 Å². The van der Waals surface area contributed by atoms with Gasteiger partial charge in [-0.05, 0) is 80.2 Å². The van der Waals surface area contributed by atoms with Crippen molar-refractivity contribution in [2.24, 2.45) is 0 Å². The number of furan rings is 1. The van der Waals surface area contributed by atoms with Crippen LogP contribution < -0.4 is 0 Å². The first-order chi connectivity index (χ1) is 20.8. The molecule has 42 heavy (non-hydrogen) atoms. The quantitative estimate of drug-likeness (QED) is 0.216. The van der Waals surface area contributed by atoms with E-state index < -0.39 is 0 Å². The molecule has 8 aromatic rings. The van der Waals surface area contributed by atoms with Gasteiger partial charge in [0.2, 0.25) is 0 Å². The van der Waals surface area contributed by atoms with Gasteiger partial charge in [0, 0.05) is 25.9 Å². The Kier molecular flexibility index (Phi) is 5.20. The first-order valence-corrected chi connectivity index (χ1v) is 15.1. The number of para-hydroxylation sites is 1. The highest BCUT2D eigenvalue weighted by atomic mass is 32.2. The lowest BCUT2D eigenvalue weighted by Gasteiger charge is -2.21. The van der Waals surface area contributed by atoms with Crippen molar-refractivity contribution < 1.29 is 4.42 Å². The fourth-order valence-corrected chi connectivity index (χ4v) is 7.56. The van der Waals surface area contributed by atoms with Gasteiger partial charge in [-0.1, -0.05) is 127 Å². The molecule has 196 valence electrons. The van der Waals surface area contributed by atoms with Gasteiger partial charge in [-0.25, -0.2) is 0 Å². The third kappa shape index (κ3) is 3.66. The standard InChI is InChI=1S/C40H24OS/c1-3-10-36-31(6-1)35-24-29(20-22-37(35)41-36)27-14-12-25(13-15-27)26-16-18-28(19-17-26)30-21-23-39-40-33(30)8-5-9-34(40)32-7-2-4-11-38(32)42-39/h1-24H. The van der Waals surface area contributed by atoms with E-state index in [-0.39, 0.29) is 0 Å². The van der Waals surface area contributed by atoms with Crippen LogP contribution in [-0.4, -0.2) is 0 Å². The summed E-state index contributed by atoms with van der Waals surface area (Å²) < 4.78 is 6.02. The Hall–Kier alpha value is -5.05. The predicted molar refractivity (Wildman–Crippen MR) is 177 cm³/mol. The monoisotopic (exact) mass is 552 g/mol. The Labute approximate surface area is 248 Å². The van der Waals surface area contributed by atoms with Crippen LogP contribution in [-0.2, 0) is 0 Å². The maximum Gasteiger partial charge on any atom is 0.135 e. The van der Waals surface area contributed by atoms with Crippen LogP contribution in [0.2, 0.25) is 0 Å². The number of hydrogen-bond donors (Lipinski definition) is 0. The van der Waals surface area contributed by atoms with E-state index in [0.29, 0.717) is 0 Å². The van der Waals surface area contributed by atoms with Crippen molar-refractivity contribution in [2.75, 3.05) is 0 Å². The van der Waals surface area contributed by atoms with Crippen LogP contribution in [0.25, 0.3) is 77.2 Å². The molecule has 1 nitrogen and oxygen atoms in total. The van der Waals surface area contributed by atoms with Gasteiger partial charge in [0.1, 0.15) is 11.2 Å². The predicted octanol–water partition coefficient (Wildman–Crippen LogP) is 11.9. The largest absolute Gasteiger partial charge is 0.456 e. The number of fused-ring (bicyclic) bond motifs is 5. The van der Waals surface area contributed by atoms with E-state index in [0.717, 1.165) is 21.9 Å². The number of benzene rings is 7. The van der Waals surface area contributed by atoms with Gasteiger partial charge < -0.3 is 4.42 Å². The molecule has 1 aliphatic rings. The summed E-state index contributed by atoms with van der Waals surface area (Å²) in [6, 6.07) is 52.6. The molecule has 0 unspecified atom stereocenters. The summed E-state index contributed by atoms with van der Waals surface area (Å²) in [5.74, 6) is 0. The zero-order chi connectivity index (χ0) is 27.6. The number of rotatable bonds is 3. The summed E-state index contributed by atoms with van der Waals surface area (Å²) in [4.78, 5) is 2.66. The van der Waals surface area contributed by atoms with Crippen LogP contribution in [0.3, 0.4) is 0 Å². The second-order valence-corrected chi connectivity index (χ2v) is 12.0. The van der Waals surface area contributed by atoms with Crippen molar-refractivity contribution in [1.29, 1.82) is 0 Å². The van der Waals surface area contributed by atoms with Crippen LogP contribution in [0, 0.1) is 0 Å². The fourth-order valence-electron chi connectivity index (χ4n) is 6.44. The van der Waals surface area contributed by atoms with Crippen molar-refractivity contribution >= 4 is 44.5 Å². The van der Waals surface area contributed by atoms with Gasteiger partial charge in [-0.2, -0.15) is 0 Å². The van der Waals surface area contributed by atoms with E-state index in [9.17, 15) is 0 Å². The second kappa shape index (κ2) is 9.24. The van der Waals surface area contributed by atoms with Gasteiger partial charge in [-0.3, -0.25) is 0 Å². The van der Waals surface area contributed by atoms with Crippen LogP contribution in [0.1, 0.15) is 0 Å². The van der Waals surface area contributed by atoms with Gasteiger partial charge in [0.25, 0.3) is 0 Å². The third-order valence-electron chi connectivity index (χ3n) is 8.52. The number of hydrogen-bond acceptors (Lipinski definition) is 2. The Morgan fingerprint density at radius 1 is 0.357 bits per heavy atom. The highest BCUT2D eigenvalue weighted by Gasteiger charge is 2.20. The molecule has 0 spiro atoms. The maximum atomic E-state index is 6.02. The lowest BCUT2D eigenvalue weighted by Crippen LogP contribution is -1.94. The lowest BCUT2D eigenvalue weighted by molar-refractivity contribution is 0.669. The molecule has 0 fully saturated rings. The minimum atomic E-state index is 0.927. The maximum absolute atomic E-state index is 6.02. The molecule has 0 amide bonds. The zero-order valence-corrected chi connectivity index (χ0v) is 23.5. The molecule has 0 saturated carbocycles. The summed E-state index contributed by atoms with van der Waals surface area (Å²) in [6.07, 6.45) is 0. The van der Waals surface area contributed by atoms with Gasteiger partial charge in [0.15, 0.2) is 0 Å². The smallest absolute Gasteiger partial charge is 0.135 e. The highest BCUT2D eigenvalue weighted by molar-refractivity contribution is 7.99. The third-order valence-corrected chi connectivity index (χ3v) is 9.66. The summed E-state index contributed by atoms with van der Waals surface area (Å²) in [5.41, 5.74) is 11.9. The molecule has 1 aliphatic heterocycles. The van der Waals surface area contributed by atoms with Crippen molar-refractivity contribution in [2.45, 2.75) is 9.79 Å². The van der Waals surface area contributed by atoms with E-state index >= 15 is 0 Å². The molecule has 2 heterocycles. The van der Waals surface area contributed by atoms with E-state index in [4.69, 9.17) is 4.42 Å². The van der Waals surface area contributed by atoms with Crippen molar-refractivity contribution in [1.82, 2.24) is 0 Å². The Morgan fingerprint density at radius 2 is 0.976 bits per heavy atom. The second-order valence-electron chi connectivity index (χ2n) is 10.9. The van der Waals surface area contributed by atoms with E-state index in [1.165, 1.54) is 65.1 Å². The van der Waals surface area contributed by atoms with Gasteiger partial charge >= 0.3 is 0 Å². The van der Waals surface area contributed by atoms with Crippen molar-refractivity contribution in [3.8, 4) is 44.5 Å². The van der Waals surface area contributed by atoms with E-state index in [1.807, 2.05) is 23.9 Å². The summed E-state index contributed by atoms with van der Waals surface area (Å²) in [5, 5.41) is 4.99. The SMILES string of the molecule is c1ccc2c(c1)Sc1ccc(-c3ccc(-c4ccc(-c5ccc6oc7ccccc7c6c5)cc4)cc3)c3cccc-2c13. The molecule has 0 radical (unpaired) electrons. The van der Waals surface area contributed by atoms with E-state index in [1.54, 1.807) is 0 Å². The van der Waals surface area contributed by atoms with Crippen molar-refractivity contribution in [3.05, 3.63) is 146 Å².